The minimum atomic E-state index is -1.16. The number of rotatable bonds is 7. The SMILES string of the molecule is Cc1nnc(SCC2=C(C(=O)O)N3C(=O)[C@@H](NC(=O)C(N)c4ccccc4)[C@H]3SC2)s1. The Balaban J connectivity index is 1.45. The van der Waals surface area contributed by atoms with Gasteiger partial charge in [0.25, 0.3) is 5.91 Å². The van der Waals surface area contributed by atoms with Gasteiger partial charge in [0.1, 0.15) is 28.2 Å². The highest BCUT2D eigenvalue weighted by atomic mass is 32.2. The molecule has 4 N–H and O–H groups in total. The van der Waals surface area contributed by atoms with E-state index in [-0.39, 0.29) is 5.70 Å². The van der Waals surface area contributed by atoms with E-state index in [0.717, 1.165) is 9.35 Å². The summed E-state index contributed by atoms with van der Waals surface area (Å²) in [6.07, 6.45) is 0. The highest BCUT2D eigenvalue weighted by Crippen LogP contribution is 2.41. The number of nitrogens with one attached hydrogen (secondary N) is 1. The number of carboxylic acid groups (broad SMARTS) is 1. The van der Waals surface area contributed by atoms with Crippen LogP contribution in [0.5, 0.6) is 0 Å². The maximum absolute atomic E-state index is 12.8. The van der Waals surface area contributed by atoms with Gasteiger partial charge in [-0.3, -0.25) is 14.5 Å². The molecule has 3 atom stereocenters. The molecule has 0 radical (unpaired) electrons. The van der Waals surface area contributed by atoms with Gasteiger partial charge in [-0.15, -0.1) is 22.0 Å². The van der Waals surface area contributed by atoms with Crippen LogP contribution in [-0.2, 0) is 14.4 Å². The van der Waals surface area contributed by atoms with Gasteiger partial charge in [0.2, 0.25) is 5.91 Å². The smallest absolute Gasteiger partial charge is 0.352 e. The van der Waals surface area contributed by atoms with Crippen molar-refractivity contribution in [3.8, 4) is 0 Å². The van der Waals surface area contributed by atoms with E-state index in [4.69, 9.17) is 5.73 Å². The molecular formula is C19H19N5O4S3. The van der Waals surface area contributed by atoms with E-state index in [2.05, 4.69) is 15.5 Å². The van der Waals surface area contributed by atoms with Crippen molar-refractivity contribution in [1.29, 1.82) is 0 Å². The molecule has 162 valence electrons. The second kappa shape index (κ2) is 8.99. The molecule has 2 aromatic rings. The number of carbonyl (C=O) groups excluding carboxylic acids is 2. The summed E-state index contributed by atoms with van der Waals surface area (Å²) < 4.78 is 0.747. The number of hydrogen-bond acceptors (Lipinski definition) is 9. The van der Waals surface area contributed by atoms with Gasteiger partial charge in [0.15, 0.2) is 4.34 Å². The first-order valence-electron chi connectivity index (χ1n) is 9.30. The summed E-state index contributed by atoms with van der Waals surface area (Å²) in [6.45, 7) is 1.85. The predicted octanol–water partition coefficient (Wildman–Crippen LogP) is 1.38. The number of benzene rings is 1. The molecule has 1 unspecified atom stereocenters. The first kappa shape index (κ1) is 21.8. The Morgan fingerprint density at radius 2 is 2.10 bits per heavy atom. The van der Waals surface area contributed by atoms with E-state index >= 15 is 0 Å². The average Bonchev–Trinajstić information content (AvgIpc) is 3.20. The normalized spacial score (nSPS) is 21.4. The minimum Gasteiger partial charge on any atom is -0.477 e. The van der Waals surface area contributed by atoms with Crippen LogP contribution >= 0.6 is 34.9 Å². The fourth-order valence-corrected chi connectivity index (χ4v) is 6.64. The second-order valence-electron chi connectivity index (χ2n) is 6.92. The van der Waals surface area contributed by atoms with Crippen LogP contribution in [0.2, 0.25) is 0 Å². The van der Waals surface area contributed by atoms with Crippen LogP contribution in [0.25, 0.3) is 0 Å². The van der Waals surface area contributed by atoms with E-state index < -0.39 is 35.2 Å². The predicted molar refractivity (Wildman–Crippen MR) is 118 cm³/mol. The van der Waals surface area contributed by atoms with Crippen LogP contribution in [0, 0.1) is 6.92 Å². The molecule has 1 aromatic heterocycles. The zero-order valence-corrected chi connectivity index (χ0v) is 18.8. The summed E-state index contributed by atoms with van der Waals surface area (Å²) in [4.78, 5) is 38.5. The third kappa shape index (κ3) is 4.33. The van der Waals surface area contributed by atoms with Crippen LogP contribution in [0.4, 0.5) is 0 Å². The molecule has 12 heteroatoms. The Bertz CT molecular complexity index is 1060. The number of thioether (sulfide) groups is 2. The van der Waals surface area contributed by atoms with Gasteiger partial charge in [-0.25, -0.2) is 4.79 Å². The molecule has 1 fully saturated rings. The van der Waals surface area contributed by atoms with Crippen LogP contribution in [0.15, 0.2) is 45.9 Å². The van der Waals surface area contributed by atoms with E-state index in [1.807, 2.05) is 13.0 Å². The van der Waals surface area contributed by atoms with Crippen LogP contribution in [-0.4, -0.2) is 60.9 Å². The Kier molecular flexibility index (Phi) is 6.32. The van der Waals surface area contributed by atoms with Crippen molar-refractivity contribution < 1.29 is 19.5 Å². The molecule has 0 bridgehead atoms. The Morgan fingerprint density at radius 3 is 2.74 bits per heavy atom. The molecule has 1 saturated heterocycles. The molecule has 2 amide bonds. The number of hydrogen-bond donors (Lipinski definition) is 3. The number of amides is 2. The highest BCUT2D eigenvalue weighted by Gasteiger charge is 2.54. The lowest BCUT2D eigenvalue weighted by Crippen LogP contribution is -2.71. The van der Waals surface area contributed by atoms with Gasteiger partial charge in [-0.2, -0.15) is 0 Å². The molecule has 0 saturated carbocycles. The first-order valence-corrected chi connectivity index (χ1v) is 12.2. The fourth-order valence-electron chi connectivity index (χ4n) is 3.33. The molecule has 2 aliphatic heterocycles. The second-order valence-corrected chi connectivity index (χ2v) is 10.4. The number of carbonyl (C=O) groups is 3. The average molecular weight is 478 g/mol. The lowest BCUT2D eigenvalue weighted by Gasteiger charge is -2.49. The summed E-state index contributed by atoms with van der Waals surface area (Å²) >= 11 is 4.26. The number of aromatic nitrogens is 2. The lowest BCUT2D eigenvalue weighted by atomic mass is 10.0. The quantitative estimate of drug-likeness (QED) is 0.399. The molecule has 2 aliphatic rings. The zero-order valence-electron chi connectivity index (χ0n) is 16.3. The molecule has 31 heavy (non-hydrogen) atoms. The maximum atomic E-state index is 12.8. The number of β-lactam (4-membered cyclic amide) rings is 1. The third-order valence-electron chi connectivity index (χ3n) is 4.87. The van der Waals surface area contributed by atoms with Crippen LogP contribution in [0.1, 0.15) is 16.6 Å². The van der Waals surface area contributed by atoms with Crippen molar-refractivity contribution in [2.45, 2.75) is 28.7 Å². The molecule has 0 aliphatic carbocycles. The number of aliphatic carboxylic acids is 1. The Labute approximate surface area is 190 Å². The lowest BCUT2D eigenvalue weighted by molar-refractivity contribution is -0.150. The van der Waals surface area contributed by atoms with Crippen molar-refractivity contribution in [2.24, 2.45) is 5.73 Å². The van der Waals surface area contributed by atoms with Gasteiger partial charge in [-0.1, -0.05) is 53.4 Å². The summed E-state index contributed by atoms with van der Waals surface area (Å²) in [5.41, 5.74) is 7.28. The van der Waals surface area contributed by atoms with Gasteiger partial charge in [-0.05, 0) is 18.1 Å². The summed E-state index contributed by atoms with van der Waals surface area (Å²) in [7, 11) is 0. The molecule has 0 spiro atoms. The van der Waals surface area contributed by atoms with E-state index in [1.54, 1.807) is 24.3 Å². The number of aryl methyl sites for hydroxylation is 1. The van der Waals surface area contributed by atoms with Gasteiger partial charge in [0.05, 0.1) is 0 Å². The molecule has 9 nitrogen and oxygen atoms in total. The number of nitrogens with zero attached hydrogens (tertiary/aromatic N) is 3. The highest BCUT2D eigenvalue weighted by molar-refractivity contribution is 8.01. The standard InChI is InChI=1S/C19H19N5O4S3/c1-9-22-23-19(31-9)30-8-11-7-29-17-13(16(26)24(17)14(11)18(27)28)21-15(25)12(20)10-5-3-2-4-6-10/h2-6,12-13,17H,7-8,20H2,1H3,(H,21,25)(H,27,28)/t12?,13-,17-/m1/s1. The molecular weight excluding hydrogens is 458 g/mol. The van der Waals surface area contributed by atoms with Crippen molar-refractivity contribution in [1.82, 2.24) is 20.4 Å². The fraction of sp³-hybridized carbons (Fsp3) is 0.316. The molecule has 3 heterocycles. The van der Waals surface area contributed by atoms with E-state index in [9.17, 15) is 19.5 Å². The van der Waals surface area contributed by atoms with Crippen molar-refractivity contribution in [3.05, 3.63) is 52.2 Å². The topological polar surface area (TPSA) is 139 Å². The van der Waals surface area contributed by atoms with Crippen LogP contribution in [0.3, 0.4) is 0 Å². The monoisotopic (exact) mass is 477 g/mol. The summed E-state index contributed by atoms with van der Waals surface area (Å²) in [6, 6.07) is 7.15. The summed E-state index contributed by atoms with van der Waals surface area (Å²) in [5, 5.41) is 20.8. The zero-order chi connectivity index (χ0) is 22.1. The maximum Gasteiger partial charge on any atom is 0.352 e. The van der Waals surface area contributed by atoms with Gasteiger partial charge < -0.3 is 16.2 Å². The Hall–Kier alpha value is -2.41. The van der Waals surface area contributed by atoms with Crippen molar-refractivity contribution in [3.63, 3.8) is 0 Å². The number of fused-ring (bicyclic) bond motifs is 1. The van der Waals surface area contributed by atoms with Gasteiger partial charge >= 0.3 is 5.97 Å². The van der Waals surface area contributed by atoms with Crippen molar-refractivity contribution in [2.75, 3.05) is 11.5 Å². The number of nitrogens with two attached hydrogens (primary N) is 1. The Morgan fingerprint density at radius 1 is 1.35 bits per heavy atom. The minimum absolute atomic E-state index is 0.0136. The largest absolute Gasteiger partial charge is 0.477 e. The van der Waals surface area contributed by atoms with Gasteiger partial charge in [0, 0.05) is 11.5 Å². The molecule has 1 aromatic carbocycles. The van der Waals surface area contributed by atoms with Crippen molar-refractivity contribution >= 4 is 52.6 Å². The van der Waals surface area contributed by atoms with E-state index in [1.165, 1.54) is 39.8 Å². The van der Waals surface area contributed by atoms with E-state index in [0.29, 0.717) is 22.6 Å². The molecule has 4 rings (SSSR count). The summed E-state index contributed by atoms with van der Waals surface area (Å²) in [5.74, 6) is -1.24. The van der Waals surface area contributed by atoms with Crippen LogP contribution < -0.4 is 11.1 Å². The first-order chi connectivity index (χ1) is 14.9. The third-order valence-corrected chi connectivity index (χ3v) is 8.26. The number of carboxylic acids is 1.